The Morgan fingerprint density at radius 1 is 0.812 bits per heavy atom. The van der Waals surface area contributed by atoms with E-state index in [1.165, 1.54) is 25.7 Å². The molecule has 0 amide bonds. The number of fused-ring (bicyclic) bond motifs is 1. The minimum absolute atomic E-state index is 0.233. The maximum atomic E-state index is 6.53. The fourth-order valence-electron chi connectivity index (χ4n) is 5.99. The molecule has 0 aromatic heterocycles. The third kappa shape index (κ3) is 0.868. The summed E-state index contributed by atoms with van der Waals surface area (Å²) in [5.74, 6) is 3.71. The standard InChI is InChI=1S/C15H24O/c1-13(2)9-5-7-14(3)10-6-8-15(4,16-14)12(10)11(9)13/h9-12H,5-8H2,1-4H3/t9-,10+,11-,12-,14+,15-/m1/s1. The van der Waals surface area contributed by atoms with Crippen molar-refractivity contribution in [3.8, 4) is 0 Å². The second kappa shape index (κ2) is 2.39. The largest absolute Gasteiger partial charge is 0.369 e. The van der Waals surface area contributed by atoms with Crippen LogP contribution >= 0.6 is 0 Å². The first-order chi connectivity index (χ1) is 7.39. The molecule has 0 radical (unpaired) electrons. The fraction of sp³-hybridized carbons (Fsp3) is 1.00. The molecule has 4 bridgehead atoms. The lowest BCUT2D eigenvalue weighted by Gasteiger charge is -2.37. The van der Waals surface area contributed by atoms with E-state index in [4.69, 9.17) is 4.74 Å². The van der Waals surface area contributed by atoms with Gasteiger partial charge in [0.1, 0.15) is 0 Å². The molecule has 1 nitrogen and oxygen atoms in total. The molecular weight excluding hydrogens is 196 g/mol. The lowest BCUT2D eigenvalue weighted by molar-refractivity contribution is -0.133. The molecule has 1 heteroatoms. The predicted molar refractivity (Wildman–Crippen MR) is 64.1 cm³/mol. The number of hydrogen-bond acceptors (Lipinski definition) is 1. The van der Waals surface area contributed by atoms with Gasteiger partial charge in [0.15, 0.2) is 0 Å². The molecule has 4 rings (SSSR count). The normalized spacial score (nSPS) is 65.2. The van der Waals surface area contributed by atoms with Crippen molar-refractivity contribution < 1.29 is 4.74 Å². The van der Waals surface area contributed by atoms with Crippen molar-refractivity contribution >= 4 is 0 Å². The Labute approximate surface area is 98.9 Å². The molecule has 16 heavy (non-hydrogen) atoms. The van der Waals surface area contributed by atoms with Crippen LogP contribution in [0.5, 0.6) is 0 Å². The van der Waals surface area contributed by atoms with Gasteiger partial charge in [-0.3, -0.25) is 0 Å². The van der Waals surface area contributed by atoms with Crippen LogP contribution in [0, 0.1) is 29.1 Å². The van der Waals surface area contributed by atoms with Crippen LogP contribution in [0.25, 0.3) is 0 Å². The van der Waals surface area contributed by atoms with Gasteiger partial charge < -0.3 is 4.74 Å². The highest BCUT2D eigenvalue weighted by Crippen LogP contribution is 2.76. The summed E-state index contributed by atoms with van der Waals surface area (Å²) in [5.41, 5.74) is 1.08. The van der Waals surface area contributed by atoms with Crippen molar-refractivity contribution in [3.05, 3.63) is 0 Å². The van der Waals surface area contributed by atoms with Gasteiger partial charge in [0.05, 0.1) is 11.2 Å². The highest BCUT2D eigenvalue weighted by Gasteiger charge is 2.74. The first kappa shape index (κ1) is 9.94. The van der Waals surface area contributed by atoms with Crippen molar-refractivity contribution in [1.29, 1.82) is 0 Å². The second-order valence-corrected chi connectivity index (χ2v) is 7.89. The van der Waals surface area contributed by atoms with E-state index < -0.39 is 0 Å². The van der Waals surface area contributed by atoms with Crippen LogP contribution in [0.4, 0.5) is 0 Å². The smallest absolute Gasteiger partial charge is 0.0696 e. The molecule has 0 unspecified atom stereocenters. The summed E-state index contributed by atoms with van der Waals surface area (Å²) in [5, 5.41) is 0. The minimum atomic E-state index is 0.233. The Balaban J connectivity index is 1.81. The van der Waals surface area contributed by atoms with Gasteiger partial charge in [0, 0.05) is 0 Å². The Bertz CT molecular complexity index is 360. The van der Waals surface area contributed by atoms with Crippen molar-refractivity contribution in [1.82, 2.24) is 0 Å². The zero-order valence-corrected chi connectivity index (χ0v) is 11.0. The average Bonchev–Trinajstić information content (AvgIpc) is 2.46. The predicted octanol–water partition coefficient (Wildman–Crippen LogP) is 3.63. The highest BCUT2D eigenvalue weighted by atomic mass is 16.5. The number of hydrogen-bond donors (Lipinski definition) is 0. The third-order valence-electron chi connectivity index (χ3n) is 6.82. The molecule has 0 N–H and O–H groups in total. The van der Waals surface area contributed by atoms with Gasteiger partial charge in [0.25, 0.3) is 0 Å². The molecular formula is C15H24O. The van der Waals surface area contributed by atoms with Gasteiger partial charge >= 0.3 is 0 Å². The molecule has 1 aliphatic heterocycles. The molecule has 0 spiro atoms. The van der Waals surface area contributed by atoms with E-state index in [9.17, 15) is 0 Å². The third-order valence-corrected chi connectivity index (χ3v) is 6.82. The molecule has 4 aliphatic rings. The van der Waals surface area contributed by atoms with Gasteiger partial charge in [-0.15, -0.1) is 0 Å². The molecule has 0 aromatic rings. The fourth-order valence-corrected chi connectivity index (χ4v) is 5.99. The summed E-state index contributed by atoms with van der Waals surface area (Å²) in [6.07, 6.45) is 5.47. The Morgan fingerprint density at radius 3 is 2.19 bits per heavy atom. The van der Waals surface area contributed by atoms with Crippen molar-refractivity contribution in [2.24, 2.45) is 29.1 Å². The number of ether oxygens (including phenoxy) is 1. The summed E-state index contributed by atoms with van der Waals surface area (Å²) in [7, 11) is 0. The molecule has 1 saturated heterocycles. The Hall–Kier alpha value is -0.0400. The lowest BCUT2D eigenvalue weighted by atomic mass is 9.77. The molecule has 3 saturated carbocycles. The first-order valence-corrected chi connectivity index (χ1v) is 7.09. The first-order valence-electron chi connectivity index (χ1n) is 7.09. The highest BCUT2D eigenvalue weighted by molar-refractivity contribution is 5.22. The summed E-state index contributed by atoms with van der Waals surface area (Å²) in [4.78, 5) is 0. The monoisotopic (exact) mass is 220 g/mol. The summed E-state index contributed by atoms with van der Waals surface area (Å²) in [6, 6.07) is 0. The van der Waals surface area contributed by atoms with E-state index in [0.29, 0.717) is 5.41 Å². The van der Waals surface area contributed by atoms with Crippen LogP contribution in [-0.2, 0) is 4.74 Å². The summed E-state index contributed by atoms with van der Waals surface area (Å²) >= 11 is 0. The molecule has 3 aliphatic carbocycles. The maximum Gasteiger partial charge on any atom is 0.0696 e. The molecule has 4 fully saturated rings. The maximum absolute atomic E-state index is 6.53. The Morgan fingerprint density at radius 2 is 1.44 bits per heavy atom. The quantitative estimate of drug-likeness (QED) is 0.606. The van der Waals surface area contributed by atoms with Gasteiger partial charge in [-0.1, -0.05) is 13.8 Å². The van der Waals surface area contributed by atoms with E-state index in [-0.39, 0.29) is 11.2 Å². The topological polar surface area (TPSA) is 9.23 Å². The van der Waals surface area contributed by atoms with Gasteiger partial charge in [-0.05, 0) is 68.6 Å². The van der Waals surface area contributed by atoms with Crippen LogP contribution in [0.2, 0.25) is 0 Å². The SMILES string of the molecule is CC1(C)[C@H]2[C@H]3[C@@H]4CC[C@@]3(C)O[C@@]4(C)CC[C@H]21. The summed E-state index contributed by atoms with van der Waals surface area (Å²) in [6.45, 7) is 9.78. The molecule has 6 atom stereocenters. The van der Waals surface area contributed by atoms with Crippen LogP contribution in [0.1, 0.15) is 53.4 Å². The van der Waals surface area contributed by atoms with E-state index >= 15 is 0 Å². The van der Waals surface area contributed by atoms with E-state index in [2.05, 4.69) is 27.7 Å². The van der Waals surface area contributed by atoms with Gasteiger partial charge in [-0.2, -0.15) is 0 Å². The van der Waals surface area contributed by atoms with Crippen LogP contribution in [0.15, 0.2) is 0 Å². The molecule has 90 valence electrons. The van der Waals surface area contributed by atoms with Gasteiger partial charge in [-0.25, -0.2) is 0 Å². The van der Waals surface area contributed by atoms with E-state index in [0.717, 1.165) is 23.7 Å². The van der Waals surface area contributed by atoms with Crippen molar-refractivity contribution in [2.45, 2.75) is 64.6 Å². The number of rotatable bonds is 0. The van der Waals surface area contributed by atoms with E-state index in [1.807, 2.05) is 0 Å². The molecule has 0 aromatic carbocycles. The van der Waals surface area contributed by atoms with Gasteiger partial charge in [0.2, 0.25) is 0 Å². The summed E-state index contributed by atoms with van der Waals surface area (Å²) < 4.78 is 6.53. The minimum Gasteiger partial charge on any atom is -0.369 e. The van der Waals surface area contributed by atoms with Crippen LogP contribution < -0.4 is 0 Å². The molecule has 1 heterocycles. The second-order valence-electron chi connectivity index (χ2n) is 7.89. The lowest BCUT2D eigenvalue weighted by Crippen LogP contribution is -2.38. The van der Waals surface area contributed by atoms with Crippen LogP contribution in [0.3, 0.4) is 0 Å². The van der Waals surface area contributed by atoms with Crippen LogP contribution in [-0.4, -0.2) is 11.2 Å². The average molecular weight is 220 g/mol. The zero-order valence-electron chi connectivity index (χ0n) is 11.0. The zero-order chi connectivity index (χ0) is 11.3. The Kier molecular flexibility index (Phi) is 1.48. The van der Waals surface area contributed by atoms with E-state index in [1.54, 1.807) is 0 Å². The van der Waals surface area contributed by atoms with Crippen molar-refractivity contribution in [2.75, 3.05) is 0 Å². The van der Waals surface area contributed by atoms with Crippen molar-refractivity contribution in [3.63, 3.8) is 0 Å².